The Morgan fingerprint density at radius 1 is 1.00 bits per heavy atom. The van der Waals surface area contributed by atoms with Gasteiger partial charge in [0.2, 0.25) is 0 Å². The molecule has 0 bridgehead atoms. The van der Waals surface area contributed by atoms with Gasteiger partial charge in [0.15, 0.2) is 0 Å². The summed E-state index contributed by atoms with van der Waals surface area (Å²) in [4.78, 5) is 0. The number of hydrogen-bond acceptors (Lipinski definition) is 3. The molecule has 0 amide bonds. The molecule has 0 saturated carbocycles. The molecule has 0 aliphatic rings. The lowest BCUT2D eigenvalue weighted by molar-refractivity contribution is -0.0110. The Hall–Kier alpha value is -0.900. The first kappa shape index (κ1) is 17.2. The topological polar surface area (TPSA) is 38.7 Å². The molecule has 0 heterocycles. The standard InChI is InChI=1S/C17H28O3/c1-13(2)11-15-5-7-16(8-6-15)17(18)12-19-9-10-20-14(3)4/h5-8,13-14,17-18H,9-12H2,1-4H3. The van der Waals surface area contributed by atoms with Crippen LogP contribution in [0.1, 0.15) is 44.9 Å². The van der Waals surface area contributed by atoms with Crippen LogP contribution >= 0.6 is 0 Å². The van der Waals surface area contributed by atoms with Crippen LogP contribution in [-0.2, 0) is 15.9 Å². The van der Waals surface area contributed by atoms with Gasteiger partial charge in [-0.3, -0.25) is 0 Å². The summed E-state index contributed by atoms with van der Waals surface area (Å²) in [6.45, 7) is 9.79. The normalized spacial score (nSPS) is 13.2. The van der Waals surface area contributed by atoms with Gasteiger partial charge in [0.25, 0.3) is 0 Å². The molecular formula is C17H28O3. The van der Waals surface area contributed by atoms with Crippen molar-refractivity contribution in [3.63, 3.8) is 0 Å². The highest BCUT2D eigenvalue weighted by atomic mass is 16.5. The van der Waals surface area contributed by atoms with Crippen molar-refractivity contribution in [1.82, 2.24) is 0 Å². The Kier molecular flexibility index (Phi) is 7.82. The second-order valence-electron chi connectivity index (χ2n) is 5.85. The summed E-state index contributed by atoms with van der Waals surface area (Å²) in [6, 6.07) is 8.13. The van der Waals surface area contributed by atoms with Crippen molar-refractivity contribution < 1.29 is 14.6 Å². The quantitative estimate of drug-likeness (QED) is 0.705. The molecule has 0 saturated heterocycles. The third-order valence-electron chi connectivity index (χ3n) is 2.96. The molecule has 0 radical (unpaired) electrons. The molecule has 3 heteroatoms. The van der Waals surface area contributed by atoms with E-state index in [4.69, 9.17) is 9.47 Å². The summed E-state index contributed by atoms with van der Waals surface area (Å²) < 4.78 is 10.8. The second kappa shape index (κ2) is 9.11. The molecule has 3 nitrogen and oxygen atoms in total. The highest BCUT2D eigenvalue weighted by Crippen LogP contribution is 2.16. The van der Waals surface area contributed by atoms with Crippen LogP contribution in [0.2, 0.25) is 0 Å². The predicted octanol–water partition coefficient (Wildman–Crippen LogP) is 3.36. The average Bonchev–Trinajstić information content (AvgIpc) is 2.38. The summed E-state index contributed by atoms with van der Waals surface area (Å²) >= 11 is 0. The van der Waals surface area contributed by atoms with E-state index < -0.39 is 6.10 Å². The van der Waals surface area contributed by atoms with E-state index in [-0.39, 0.29) is 6.10 Å². The lowest BCUT2D eigenvalue weighted by Gasteiger charge is -2.13. The number of aliphatic hydroxyl groups is 1. The molecule has 0 fully saturated rings. The van der Waals surface area contributed by atoms with E-state index in [0.29, 0.717) is 25.7 Å². The first-order valence-corrected chi connectivity index (χ1v) is 7.45. The van der Waals surface area contributed by atoms with E-state index in [1.807, 2.05) is 26.0 Å². The van der Waals surface area contributed by atoms with Gasteiger partial charge in [-0.2, -0.15) is 0 Å². The molecule has 0 spiro atoms. The van der Waals surface area contributed by atoms with E-state index in [1.54, 1.807) is 0 Å². The minimum atomic E-state index is -0.567. The lowest BCUT2D eigenvalue weighted by Crippen LogP contribution is -2.13. The van der Waals surface area contributed by atoms with Crippen LogP contribution in [0, 0.1) is 5.92 Å². The molecule has 1 atom stereocenters. The molecule has 20 heavy (non-hydrogen) atoms. The Morgan fingerprint density at radius 2 is 1.65 bits per heavy atom. The van der Waals surface area contributed by atoms with Gasteiger partial charge in [-0.05, 0) is 37.3 Å². The van der Waals surface area contributed by atoms with Gasteiger partial charge in [0, 0.05) is 0 Å². The summed E-state index contributed by atoms with van der Waals surface area (Å²) in [7, 11) is 0. The number of benzene rings is 1. The van der Waals surface area contributed by atoms with E-state index >= 15 is 0 Å². The summed E-state index contributed by atoms with van der Waals surface area (Å²) in [5, 5.41) is 10.0. The second-order valence-corrected chi connectivity index (χ2v) is 5.85. The minimum Gasteiger partial charge on any atom is -0.386 e. The Morgan fingerprint density at radius 3 is 2.20 bits per heavy atom. The van der Waals surface area contributed by atoms with E-state index in [1.165, 1.54) is 5.56 Å². The van der Waals surface area contributed by atoms with Crippen molar-refractivity contribution in [3.8, 4) is 0 Å². The van der Waals surface area contributed by atoms with Crippen molar-refractivity contribution in [3.05, 3.63) is 35.4 Å². The first-order valence-electron chi connectivity index (χ1n) is 7.45. The van der Waals surface area contributed by atoms with E-state index in [2.05, 4.69) is 26.0 Å². The van der Waals surface area contributed by atoms with Crippen LogP contribution in [0.4, 0.5) is 0 Å². The third kappa shape index (κ3) is 7.04. The molecule has 1 aromatic rings. The van der Waals surface area contributed by atoms with Crippen molar-refractivity contribution in [2.24, 2.45) is 5.92 Å². The molecule has 1 N–H and O–H groups in total. The van der Waals surface area contributed by atoms with Crippen LogP contribution in [0.5, 0.6) is 0 Å². The number of aliphatic hydroxyl groups excluding tert-OH is 1. The van der Waals surface area contributed by atoms with E-state index in [9.17, 15) is 5.11 Å². The van der Waals surface area contributed by atoms with Gasteiger partial charge in [0.1, 0.15) is 6.10 Å². The van der Waals surface area contributed by atoms with Crippen molar-refractivity contribution in [1.29, 1.82) is 0 Å². The van der Waals surface area contributed by atoms with Crippen LogP contribution in [0.25, 0.3) is 0 Å². The summed E-state index contributed by atoms with van der Waals surface area (Å²) in [5.41, 5.74) is 2.21. The Labute approximate surface area is 122 Å². The van der Waals surface area contributed by atoms with Gasteiger partial charge in [-0.15, -0.1) is 0 Å². The van der Waals surface area contributed by atoms with Crippen LogP contribution < -0.4 is 0 Å². The van der Waals surface area contributed by atoms with Gasteiger partial charge in [0.05, 0.1) is 25.9 Å². The lowest BCUT2D eigenvalue weighted by atomic mass is 10.0. The molecule has 0 aliphatic heterocycles. The fourth-order valence-corrected chi connectivity index (χ4v) is 1.98. The third-order valence-corrected chi connectivity index (χ3v) is 2.96. The molecule has 1 aromatic carbocycles. The summed E-state index contributed by atoms with van der Waals surface area (Å²) in [5.74, 6) is 0.648. The maximum atomic E-state index is 10.0. The monoisotopic (exact) mass is 280 g/mol. The molecular weight excluding hydrogens is 252 g/mol. The maximum absolute atomic E-state index is 10.0. The van der Waals surface area contributed by atoms with Crippen LogP contribution in [-0.4, -0.2) is 31.0 Å². The fourth-order valence-electron chi connectivity index (χ4n) is 1.98. The van der Waals surface area contributed by atoms with Crippen molar-refractivity contribution >= 4 is 0 Å². The fraction of sp³-hybridized carbons (Fsp3) is 0.647. The number of hydrogen-bond donors (Lipinski definition) is 1. The largest absolute Gasteiger partial charge is 0.386 e. The van der Waals surface area contributed by atoms with Gasteiger partial charge >= 0.3 is 0 Å². The smallest absolute Gasteiger partial charge is 0.102 e. The average molecular weight is 280 g/mol. The highest BCUT2D eigenvalue weighted by molar-refractivity contribution is 5.24. The molecule has 1 rings (SSSR count). The maximum Gasteiger partial charge on any atom is 0.102 e. The number of rotatable bonds is 9. The Balaban J connectivity index is 2.30. The van der Waals surface area contributed by atoms with Gasteiger partial charge < -0.3 is 14.6 Å². The van der Waals surface area contributed by atoms with Gasteiger partial charge in [-0.1, -0.05) is 38.1 Å². The first-order chi connectivity index (χ1) is 9.49. The van der Waals surface area contributed by atoms with Gasteiger partial charge in [-0.25, -0.2) is 0 Å². The van der Waals surface area contributed by atoms with Crippen LogP contribution in [0.15, 0.2) is 24.3 Å². The van der Waals surface area contributed by atoms with Crippen molar-refractivity contribution in [2.75, 3.05) is 19.8 Å². The zero-order valence-corrected chi connectivity index (χ0v) is 13.1. The molecule has 1 unspecified atom stereocenters. The minimum absolute atomic E-state index is 0.219. The summed E-state index contributed by atoms with van der Waals surface area (Å²) in [6.07, 6.45) is 0.721. The number of ether oxygens (including phenoxy) is 2. The zero-order chi connectivity index (χ0) is 15.0. The predicted molar refractivity (Wildman–Crippen MR) is 81.9 cm³/mol. The SMILES string of the molecule is CC(C)Cc1ccc(C(O)COCCOC(C)C)cc1. The Bertz CT molecular complexity index is 357. The zero-order valence-electron chi connectivity index (χ0n) is 13.1. The molecule has 0 aromatic heterocycles. The molecule has 0 aliphatic carbocycles. The van der Waals surface area contributed by atoms with E-state index in [0.717, 1.165) is 12.0 Å². The highest BCUT2D eigenvalue weighted by Gasteiger charge is 2.08. The van der Waals surface area contributed by atoms with Crippen molar-refractivity contribution in [2.45, 2.75) is 46.3 Å². The molecule has 114 valence electrons. The van der Waals surface area contributed by atoms with Crippen LogP contribution in [0.3, 0.4) is 0 Å².